The number of imidazole rings is 1. The second-order valence-corrected chi connectivity index (χ2v) is 14.1. The third-order valence-electron chi connectivity index (χ3n) is 8.68. The number of aryl methyl sites for hydroxylation is 1. The molecule has 0 aliphatic carbocycles. The predicted molar refractivity (Wildman–Crippen MR) is 221 cm³/mol. The van der Waals surface area contributed by atoms with Gasteiger partial charge in [-0.25, -0.2) is 19.2 Å². The topological polar surface area (TPSA) is 107 Å². The van der Waals surface area contributed by atoms with E-state index >= 15 is 0 Å². The summed E-state index contributed by atoms with van der Waals surface area (Å²) >= 11 is 0. The summed E-state index contributed by atoms with van der Waals surface area (Å²) in [4.78, 5) is 32.7. The zero-order chi connectivity index (χ0) is 40.3. The number of carbonyl (C=O) groups is 2. The van der Waals surface area contributed by atoms with Crippen molar-refractivity contribution in [3.05, 3.63) is 198 Å². The Morgan fingerprint density at radius 2 is 1.21 bits per heavy atom. The Morgan fingerprint density at radius 3 is 1.70 bits per heavy atom. The van der Waals surface area contributed by atoms with Crippen molar-refractivity contribution in [3.8, 4) is 22.8 Å². The molecule has 0 fully saturated rings. The van der Waals surface area contributed by atoms with Crippen molar-refractivity contribution < 1.29 is 23.5 Å². The van der Waals surface area contributed by atoms with E-state index in [1.165, 1.54) is 28.8 Å². The molecule has 0 atom stereocenters. The summed E-state index contributed by atoms with van der Waals surface area (Å²) in [5.41, 5.74) is 5.02. The van der Waals surface area contributed by atoms with Crippen LogP contribution in [0.5, 0.6) is 11.5 Å². The predicted octanol–water partition coefficient (Wildman–Crippen LogP) is 10.2. The molecule has 0 saturated heterocycles. The highest BCUT2D eigenvalue weighted by Gasteiger charge is 2.38. The van der Waals surface area contributed by atoms with Crippen LogP contribution < -0.4 is 15.4 Å². The van der Waals surface area contributed by atoms with Gasteiger partial charge in [0.15, 0.2) is 0 Å². The Bertz CT molecular complexity index is 2270. The SMILES string of the molecule is CC(C)(C)OC(=O)NCC(=O)Nc1cccc(-c2ccc(Oc3ccc(F)cc3)cc2)n1.Cc1cn(C(c2ccccc2)(c2ccccc2)c2ccccc2)cn1. The second kappa shape index (κ2) is 18.0. The van der Waals surface area contributed by atoms with E-state index in [-0.39, 0.29) is 12.4 Å². The maximum Gasteiger partial charge on any atom is 0.408 e. The van der Waals surface area contributed by atoms with E-state index in [1.807, 2.05) is 31.5 Å². The van der Waals surface area contributed by atoms with Crippen LogP contribution in [0, 0.1) is 12.7 Å². The summed E-state index contributed by atoms with van der Waals surface area (Å²) in [7, 11) is 0. The van der Waals surface area contributed by atoms with E-state index in [0.29, 0.717) is 23.0 Å². The zero-order valence-electron chi connectivity index (χ0n) is 32.2. The summed E-state index contributed by atoms with van der Waals surface area (Å²) in [6.07, 6.45) is 3.38. The normalized spacial score (nSPS) is 11.1. The summed E-state index contributed by atoms with van der Waals surface area (Å²) in [5.74, 6) is 0.722. The minimum atomic E-state index is -0.669. The van der Waals surface area contributed by atoms with Gasteiger partial charge in [-0.1, -0.05) is 97.1 Å². The molecule has 2 N–H and O–H groups in total. The van der Waals surface area contributed by atoms with Crippen molar-refractivity contribution >= 4 is 17.8 Å². The Balaban J connectivity index is 0.000000198. The molecule has 288 valence electrons. The van der Waals surface area contributed by atoms with Crippen molar-refractivity contribution in [1.29, 1.82) is 0 Å². The first-order valence-electron chi connectivity index (χ1n) is 18.4. The number of halogens is 1. The lowest BCUT2D eigenvalue weighted by Gasteiger charge is -2.37. The molecular weight excluding hydrogens is 718 g/mol. The van der Waals surface area contributed by atoms with Crippen LogP contribution in [-0.2, 0) is 15.1 Å². The molecule has 5 aromatic carbocycles. The largest absolute Gasteiger partial charge is 0.457 e. The number of alkyl carbamates (subject to hydrolysis) is 1. The van der Waals surface area contributed by atoms with Crippen molar-refractivity contribution in [2.75, 3.05) is 11.9 Å². The number of hydrogen-bond donors (Lipinski definition) is 2. The van der Waals surface area contributed by atoms with Gasteiger partial charge in [0.05, 0.1) is 17.7 Å². The standard InChI is InChI=1S/C24H24FN3O4.C23H20N2/c1-24(2,3)32-23(30)26-15-22(29)28-21-6-4-5-20(27-21)16-7-11-18(12-8-16)31-19-13-9-17(25)10-14-19;1-19-17-25(18-24-19)23(20-11-5-2-6-12-20,21-13-7-3-8-14-21)22-15-9-4-10-16-22/h4-14H,15H2,1-3H3,(H,26,30)(H,27,28,29);2-18H,1H3. The number of ether oxygens (including phenoxy) is 2. The number of amides is 2. The molecular formula is C47H44FN5O4. The van der Waals surface area contributed by atoms with Crippen LogP contribution in [0.2, 0.25) is 0 Å². The fraction of sp³-hybridized carbons (Fsp3) is 0.149. The van der Waals surface area contributed by atoms with Crippen molar-refractivity contribution in [2.24, 2.45) is 0 Å². The minimum absolute atomic E-state index is 0.240. The third kappa shape index (κ3) is 10.4. The molecule has 0 aliphatic heterocycles. The van der Waals surface area contributed by atoms with Crippen LogP contribution in [0.4, 0.5) is 15.0 Å². The molecule has 0 unspecified atom stereocenters. The minimum Gasteiger partial charge on any atom is -0.457 e. The first kappa shape index (κ1) is 39.6. The zero-order valence-corrected chi connectivity index (χ0v) is 32.2. The molecule has 9 nitrogen and oxygen atoms in total. The van der Waals surface area contributed by atoms with Gasteiger partial charge >= 0.3 is 6.09 Å². The number of nitrogens with one attached hydrogen (secondary N) is 2. The van der Waals surface area contributed by atoms with Gasteiger partial charge in [-0.2, -0.15) is 0 Å². The number of hydrogen-bond acceptors (Lipinski definition) is 6. The van der Waals surface area contributed by atoms with Gasteiger partial charge in [-0.15, -0.1) is 0 Å². The molecule has 0 bridgehead atoms. The summed E-state index contributed by atoms with van der Waals surface area (Å²) in [6, 6.07) is 50.1. The Morgan fingerprint density at radius 1 is 0.684 bits per heavy atom. The quantitative estimate of drug-likeness (QED) is 0.134. The first-order valence-corrected chi connectivity index (χ1v) is 18.4. The average molecular weight is 762 g/mol. The van der Waals surface area contributed by atoms with Gasteiger partial charge < -0.3 is 24.7 Å². The Hall–Kier alpha value is -7.07. The molecule has 0 radical (unpaired) electrons. The number of anilines is 1. The van der Waals surface area contributed by atoms with E-state index in [0.717, 1.165) is 11.3 Å². The third-order valence-corrected chi connectivity index (χ3v) is 8.68. The van der Waals surface area contributed by atoms with Gasteiger partial charge in [-0.05, 0) is 105 Å². The van der Waals surface area contributed by atoms with Crippen LogP contribution in [0.1, 0.15) is 43.2 Å². The lowest BCUT2D eigenvalue weighted by Crippen LogP contribution is -2.37. The molecule has 0 aliphatic rings. The maximum absolute atomic E-state index is 13.0. The molecule has 57 heavy (non-hydrogen) atoms. The Labute approximate surface area is 332 Å². The molecule has 7 rings (SSSR count). The van der Waals surface area contributed by atoms with E-state index in [9.17, 15) is 14.0 Å². The highest BCUT2D eigenvalue weighted by atomic mass is 19.1. The average Bonchev–Trinajstić information content (AvgIpc) is 3.65. The van der Waals surface area contributed by atoms with Gasteiger partial charge in [0.1, 0.15) is 40.8 Å². The van der Waals surface area contributed by atoms with E-state index in [2.05, 4.69) is 122 Å². The monoisotopic (exact) mass is 761 g/mol. The number of aromatic nitrogens is 3. The number of rotatable bonds is 10. The van der Waals surface area contributed by atoms with Crippen LogP contribution in [0.3, 0.4) is 0 Å². The molecule has 7 aromatic rings. The van der Waals surface area contributed by atoms with Gasteiger partial charge in [0, 0.05) is 11.8 Å². The molecule has 2 heterocycles. The van der Waals surface area contributed by atoms with E-state index in [1.54, 1.807) is 57.2 Å². The van der Waals surface area contributed by atoms with E-state index < -0.39 is 23.1 Å². The van der Waals surface area contributed by atoms with Crippen LogP contribution in [0.15, 0.2) is 170 Å². The summed E-state index contributed by atoms with van der Waals surface area (Å²) in [6.45, 7) is 7.01. The van der Waals surface area contributed by atoms with Gasteiger partial charge in [-0.3, -0.25) is 4.79 Å². The number of benzene rings is 5. The number of nitrogens with zero attached hydrogens (tertiary/aromatic N) is 3. The summed E-state index contributed by atoms with van der Waals surface area (Å²) in [5, 5.41) is 5.04. The van der Waals surface area contributed by atoms with Crippen molar-refractivity contribution in [3.63, 3.8) is 0 Å². The van der Waals surface area contributed by atoms with Crippen molar-refractivity contribution in [2.45, 2.75) is 38.8 Å². The second-order valence-electron chi connectivity index (χ2n) is 14.1. The lowest BCUT2D eigenvalue weighted by atomic mass is 9.77. The highest BCUT2D eigenvalue weighted by Crippen LogP contribution is 2.40. The molecule has 0 spiro atoms. The molecule has 2 amide bonds. The fourth-order valence-electron chi connectivity index (χ4n) is 6.24. The molecule has 10 heteroatoms. The van der Waals surface area contributed by atoms with E-state index in [4.69, 9.17) is 9.47 Å². The van der Waals surface area contributed by atoms with Gasteiger partial charge in [0.2, 0.25) is 5.91 Å². The smallest absolute Gasteiger partial charge is 0.408 e. The van der Waals surface area contributed by atoms with Crippen molar-refractivity contribution in [1.82, 2.24) is 19.9 Å². The van der Waals surface area contributed by atoms with Gasteiger partial charge in [0.25, 0.3) is 0 Å². The highest BCUT2D eigenvalue weighted by molar-refractivity contribution is 5.93. The number of pyridine rings is 1. The molecule has 2 aromatic heterocycles. The fourth-order valence-corrected chi connectivity index (χ4v) is 6.24. The summed E-state index contributed by atoms with van der Waals surface area (Å²) < 4.78 is 26.0. The lowest BCUT2D eigenvalue weighted by molar-refractivity contribution is -0.115. The first-order chi connectivity index (χ1) is 27.5. The van der Waals surface area contributed by atoms with Crippen LogP contribution >= 0.6 is 0 Å². The Kier molecular flexibility index (Phi) is 12.5. The van der Waals surface area contributed by atoms with Crippen LogP contribution in [0.25, 0.3) is 11.3 Å². The van der Waals surface area contributed by atoms with Crippen LogP contribution in [-0.4, -0.2) is 38.7 Å². The molecule has 0 saturated carbocycles. The maximum atomic E-state index is 13.0. The number of carbonyl (C=O) groups excluding carboxylic acids is 2.